The molecule has 4 atom stereocenters. The van der Waals surface area contributed by atoms with Gasteiger partial charge in [0.15, 0.2) is 0 Å². The van der Waals surface area contributed by atoms with E-state index in [4.69, 9.17) is 0 Å². The van der Waals surface area contributed by atoms with Gasteiger partial charge in [-0.2, -0.15) is 0 Å². The van der Waals surface area contributed by atoms with Crippen LogP contribution in [0.1, 0.15) is 34.0 Å². The van der Waals surface area contributed by atoms with E-state index in [1.807, 2.05) is 31.2 Å². The number of aryl methyl sites for hydroxylation is 1. The second-order valence-electron chi connectivity index (χ2n) is 5.90. The molecule has 1 amide bonds. The number of aliphatic hydroxyl groups excluding tert-OH is 2. The third kappa shape index (κ3) is 3.23. The zero-order chi connectivity index (χ0) is 16.4. The number of aliphatic hydroxyl groups is 2. The van der Waals surface area contributed by atoms with Crippen LogP contribution in [-0.2, 0) is 0 Å². The Morgan fingerprint density at radius 3 is 2.61 bits per heavy atom. The monoisotopic (exact) mass is 313 g/mol. The number of rotatable bonds is 3. The Hall–Kier alpha value is -2.31. The van der Waals surface area contributed by atoms with E-state index >= 15 is 0 Å². The van der Waals surface area contributed by atoms with Gasteiger partial charge in [-0.1, -0.05) is 29.8 Å². The number of benzene rings is 1. The van der Waals surface area contributed by atoms with Gasteiger partial charge in [-0.15, -0.1) is 0 Å². The minimum absolute atomic E-state index is 0.152. The molecule has 23 heavy (non-hydrogen) atoms. The van der Waals surface area contributed by atoms with Crippen molar-refractivity contribution in [3.8, 4) is 0 Å². The van der Waals surface area contributed by atoms with Crippen molar-refractivity contribution in [1.82, 2.24) is 15.3 Å². The first kappa shape index (κ1) is 15.6. The zero-order valence-electron chi connectivity index (χ0n) is 12.8. The van der Waals surface area contributed by atoms with E-state index < -0.39 is 24.2 Å². The molecule has 3 N–H and O–H groups in total. The minimum Gasteiger partial charge on any atom is -0.390 e. The first-order valence-electron chi connectivity index (χ1n) is 7.56. The molecule has 1 aromatic carbocycles. The molecule has 6 nitrogen and oxygen atoms in total. The standard InChI is InChI=1S/C17H19N3O3/c1-10-2-4-11(5-3-10)12-8-14(21)16(22)15(12)20-17(23)13-9-18-6-7-19-13/h2-7,9,12,14-16,21-22H,8H2,1H3,(H,20,23)/t12-,14-,15-,16-/m1/s1. The van der Waals surface area contributed by atoms with E-state index in [2.05, 4.69) is 15.3 Å². The highest BCUT2D eigenvalue weighted by molar-refractivity contribution is 5.92. The lowest BCUT2D eigenvalue weighted by Gasteiger charge is -2.23. The van der Waals surface area contributed by atoms with Crippen LogP contribution in [-0.4, -0.2) is 44.3 Å². The van der Waals surface area contributed by atoms with Gasteiger partial charge in [0, 0.05) is 18.3 Å². The van der Waals surface area contributed by atoms with Crippen molar-refractivity contribution < 1.29 is 15.0 Å². The van der Waals surface area contributed by atoms with Gasteiger partial charge >= 0.3 is 0 Å². The minimum atomic E-state index is -1.01. The molecule has 3 rings (SSSR count). The predicted octanol–water partition coefficient (Wildman–Crippen LogP) is 0.793. The molecular formula is C17H19N3O3. The van der Waals surface area contributed by atoms with Gasteiger partial charge in [0.25, 0.3) is 5.91 Å². The molecule has 1 aliphatic carbocycles. The highest BCUT2D eigenvalue weighted by Gasteiger charge is 2.43. The third-order valence-electron chi connectivity index (χ3n) is 4.29. The quantitative estimate of drug-likeness (QED) is 0.779. The number of carbonyl (C=O) groups excluding carboxylic acids is 1. The highest BCUT2D eigenvalue weighted by Crippen LogP contribution is 2.35. The van der Waals surface area contributed by atoms with Crippen LogP contribution in [0.5, 0.6) is 0 Å². The van der Waals surface area contributed by atoms with Crippen LogP contribution in [0.2, 0.25) is 0 Å². The Bertz CT molecular complexity index is 675. The molecule has 1 heterocycles. The summed E-state index contributed by atoms with van der Waals surface area (Å²) in [4.78, 5) is 20.1. The summed E-state index contributed by atoms with van der Waals surface area (Å²) >= 11 is 0. The number of hydrogen-bond acceptors (Lipinski definition) is 5. The van der Waals surface area contributed by atoms with Crippen LogP contribution in [0.25, 0.3) is 0 Å². The molecule has 6 heteroatoms. The fraction of sp³-hybridized carbons (Fsp3) is 0.353. The van der Waals surface area contributed by atoms with Gasteiger partial charge in [0.2, 0.25) is 0 Å². The smallest absolute Gasteiger partial charge is 0.271 e. The summed E-state index contributed by atoms with van der Waals surface area (Å²) in [6, 6.07) is 7.32. The molecule has 0 unspecified atom stereocenters. The van der Waals surface area contributed by atoms with Gasteiger partial charge in [0.1, 0.15) is 11.8 Å². The molecule has 0 spiro atoms. The normalized spacial score (nSPS) is 26.9. The number of nitrogens with one attached hydrogen (secondary N) is 1. The Labute approximate surface area is 134 Å². The van der Waals surface area contributed by atoms with Crippen molar-refractivity contribution in [2.24, 2.45) is 0 Å². The third-order valence-corrected chi connectivity index (χ3v) is 4.29. The first-order valence-corrected chi connectivity index (χ1v) is 7.56. The van der Waals surface area contributed by atoms with Crippen molar-refractivity contribution in [1.29, 1.82) is 0 Å². The maximum Gasteiger partial charge on any atom is 0.271 e. The lowest BCUT2D eigenvalue weighted by molar-refractivity contribution is 0.0294. The predicted molar refractivity (Wildman–Crippen MR) is 83.8 cm³/mol. The molecule has 0 bridgehead atoms. The van der Waals surface area contributed by atoms with Gasteiger partial charge in [0.05, 0.1) is 18.3 Å². The average molecular weight is 313 g/mol. The highest BCUT2D eigenvalue weighted by atomic mass is 16.3. The van der Waals surface area contributed by atoms with E-state index in [-0.39, 0.29) is 11.6 Å². The molecule has 1 fully saturated rings. The largest absolute Gasteiger partial charge is 0.390 e. The van der Waals surface area contributed by atoms with Crippen LogP contribution in [0.4, 0.5) is 0 Å². The molecule has 0 aliphatic heterocycles. The molecule has 1 aromatic heterocycles. The maximum absolute atomic E-state index is 12.3. The summed E-state index contributed by atoms with van der Waals surface area (Å²) < 4.78 is 0. The number of carbonyl (C=O) groups is 1. The van der Waals surface area contributed by atoms with Crippen molar-refractivity contribution in [2.45, 2.75) is 37.5 Å². The lowest BCUT2D eigenvalue weighted by atomic mass is 9.93. The number of nitrogens with zero attached hydrogens (tertiary/aromatic N) is 2. The topological polar surface area (TPSA) is 95.3 Å². The number of hydrogen-bond donors (Lipinski definition) is 3. The summed E-state index contributed by atoms with van der Waals surface area (Å²) in [6.07, 6.45) is 2.81. The second kappa shape index (κ2) is 6.44. The molecule has 1 saturated carbocycles. The van der Waals surface area contributed by atoms with Crippen molar-refractivity contribution in [3.05, 3.63) is 59.7 Å². The van der Waals surface area contributed by atoms with Crippen LogP contribution < -0.4 is 5.32 Å². The Balaban J connectivity index is 1.82. The summed E-state index contributed by atoms with van der Waals surface area (Å²) in [5.74, 6) is -0.561. The van der Waals surface area contributed by atoms with Gasteiger partial charge in [-0.05, 0) is 18.9 Å². The maximum atomic E-state index is 12.3. The Kier molecular flexibility index (Phi) is 4.36. The lowest BCUT2D eigenvalue weighted by Crippen LogP contribution is -2.45. The van der Waals surface area contributed by atoms with Gasteiger partial charge in [-0.3, -0.25) is 9.78 Å². The summed E-state index contributed by atoms with van der Waals surface area (Å²) in [5.41, 5.74) is 2.30. The van der Waals surface area contributed by atoms with E-state index in [9.17, 15) is 15.0 Å². The molecule has 120 valence electrons. The summed E-state index contributed by atoms with van der Waals surface area (Å²) in [6.45, 7) is 2.00. The zero-order valence-corrected chi connectivity index (χ0v) is 12.8. The Morgan fingerprint density at radius 2 is 1.96 bits per heavy atom. The van der Waals surface area contributed by atoms with Crippen LogP contribution in [0, 0.1) is 6.92 Å². The molecule has 1 aliphatic rings. The van der Waals surface area contributed by atoms with Crippen molar-refractivity contribution in [2.75, 3.05) is 0 Å². The van der Waals surface area contributed by atoms with Crippen LogP contribution in [0.3, 0.4) is 0 Å². The molecule has 0 saturated heterocycles. The van der Waals surface area contributed by atoms with Gasteiger partial charge in [-0.25, -0.2) is 4.98 Å². The number of amides is 1. The van der Waals surface area contributed by atoms with Gasteiger partial charge < -0.3 is 15.5 Å². The summed E-state index contributed by atoms with van der Waals surface area (Å²) in [5, 5.41) is 23.0. The fourth-order valence-corrected chi connectivity index (χ4v) is 3.01. The van der Waals surface area contributed by atoms with Crippen LogP contribution >= 0.6 is 0 Å². The average Bonchev–Trinajstić information content (AvgIpc) is 2.85. The summed E-state index contributed by atoms with van der Waals surface area (Å²) in [7, 11) is 0. The first-order chi connectivity index (χ1) is 11.1. The van der Waals surface area contributed by atoms with E-state index in [1.165, 1.54) is 18.6 Å². The van der Waals surface area contributed by atoms with E-state index in [0.29, 0.717) is 6.42 Å². The SMILES string of the molecule is Cc1ccc([C@H]2C[C@@H](O)[C@@H](O)[C@@H]2NC(=O)c2cnccn2)cc1. The van der Waals surface area contributed by atoms with Crippen molar-refractivity contribution in [3.63, 3.8) is 0 Å². The number of aromatic nitrogens is 2. The second-order valence-corrected chi connectivity index (χ2v) is 5.90. The fourth-order valence-electron chi connectivity index (χ4n) is 3.01. The van der Waals surface area contributed by atoms with E-state index in [1.54, 1.807) is 0 Å². The molecule has 0 radical (unpaired) electrons. The van der Waals surface area contributed by atoms with E-state index in [0.717, 1.165) is 11.1 Å². The molecule has 2 aromatic rings. The van der Waals surface area contributed by atoms with Crippen LogP contribution in [0.15, 0.2) is 42.9 Å². The Morgan fingerprint density at radius 1 is 1.22 bits per heavy atom. The molecular weight excluding hydrogens is 294 g/mol. The van der Waals surface area contributed by atoms with Crippen molar-refractivity contribution >= 4 is 5.91 Å².